The van der Waals surface area contributed by atoms with Gasteiger partial charge in [0.25, 0.3) is 0 Å². The van der Waals surface area contributed by atoms with Crippen molar-refractivity contribution >= 4 is 0 Å². The Morgan fingerprint density at radius 1 is 1.24 bits per heavy atom. The number of aryl methyl sites for hydroxylation is 2. The Kier molecular flexibility index (Phi) is 5.66. The molecule has 1 N–H and O–H groups in total. The number of methoxy groups -OCH3 is 1. The van der Waals surface area contributed by atoms with E-state index < -0.39 is 0 Å². The zero-order chi connectivity index (χ0) is 12.8. The number of hydrogen-bond acceptors (Lipinski definition) is 2. The maximum atomic E-state index is 10.1. The van der Waals surface area contributed by atoms with Crippen molar-refractivity contribution in [3.05, 3.63) is 34.9 Å². The van der Waals surface area contributed by atoms with Gasteiger partial charge in [0, 0.05) is 13.7 Å². The Morgan fingerprint density at radius 3 is 2.53 bits per heavy atom. The molecule has 2 heteroatoms. The molecule has 2 unspecified atom stereocenters. The molecule has 2 atom stereocenters. The predicted octanol–water partition coefficient (Wildman–Crippen LogP) is 2.88. The second-order valence-corrected chi connectivity index (χ2v) is 4.95. The van der Waals surface area contributed by atoms with Gasteiger partial charge in [-0.25, -0.2) is 0 Å². The maximum absolute atomic E-state index is 10.1. The van der Waals surface area contributed by atoms with Crippen LogP contribution in [0, 0.1) is 19.8 Å². The third-order valence-electron chi connectivity index (χ3n) is 3.45. The molecule has 0 aliphatic rings. The Balaban J connectivity index is 2.55. The smallest absolute Gasteiger partial charge is 0.0606 e. The molecule has 1 rings (SSSR count). The van der Waals surface area contributed by atoms with Crippen LogP contribution in [0.4, 0.5) is 0 Å². The first-order chi connectivity index (χ1) is 8.04. The molecule has 0 bridgehead atoms. The van der Waals surface area contributed by atoms with Crippen LogP contribution in [0.1, 0.15) is 30.0 Å². The van der Waals surface area contributed by atoms with Crippen molar-refractivity contribution in [2.24, 2.45) is 5.92 Å². The van der Waals surface area contributed by atoms with Crippen molar-refractivity contribution in [2.45, 2.75) is 39.7 Å². The number of aliphatic hydroxyl groups is 1. The highest BCUT2D eigenvalue weighted by Crippen LogP contribution is 2.16. The number of hydrogen-bond donors (Lipinski definition) is 1. The molecule has 0 heterocycles. The minimum atomic E-state index is -0.285. The number of benzene rings is 1. The van der Waals surface area contributed by atoms with Gasteiger partial charge < -0.3 is 9.84 Å². The van der Waals surface area contributed by atoms with Crippen LogP contribution >= 0.6 is 0 Å². The van der Waals surface area contributed by atoms with Gasteiger partial charge in [-0.05, 0) is 49.3 Å². The molecular weight excluding hydrogens is 212 g/mol. The topological polar surface area (TPSA) is 29.5 Å². The summed E-state index contributed by atoms with van der Waals surface area (Å²) < 4.78 is 5.04. The SMILES string of the molecule is COCCC(C)C(O)Cc1ccc(C)c(C)c1. The summed E-state index contributed by atoms with van der Waals surface area (Å²) in [5, 5.41) is 10.1. The first-order valence-corrected chi connectivity index (χ1v) is 6.27. The molecule has 1 aromatic carbocycles. The van der Waals surface area contributed by atoms with Crippen molar-refractivity contribution in [3.8, 4) is 0 Å². The minimum Gasteiger partial charge on any atom is -0.393 e. The van der Waals surface area contributed by atoms with E-state index in [2.05, 4.69) is 39.0 Å². The summed E-state index contributed by atoms with van der Waals surface area (Å²) in [6, 6.07) is 6.40. The summed E-state index contributed by atoms with van der Waals surface area (Å²) in [6.07, 6.45) is 1.35. The highest BCUT2D eigenvalue weighted by Gasteiger charge is 2.14. The Morgan fingerprint density at radius 2 is 1.94 bits per heavy atom. The number of rotatable bonds is 6. The lowest BCUT2D eigenvalue weighted by atomic mass is 9.94. The molecule has 0 aliphatic carbocycles. The summed E-state index contributed by atoms with van der Waals surface area (Å²) in [4.78, 5) is 0. The molecule has 0 amide bonds. The summed E-state index contributed by atoms with van der Waals surface area (Å²) in [6.45, 7) is 7.01. The van der Waals surface area contributed by atoms with E-state index in [-0.39, 0.29) is 12.0 Å². The first-order valence-electron chi connectivity index (χ1n) is 6.27. The van der Waals surface area contributed by atoms with Gasteiger partial charge in [0.1, 0.15) is 0 Å². The molecule has 0 fully saturated rings. The van der Waals surface area contributed by atoms with Gasteiger partial charge in [-0.15, -0.1) is 0 Å². The Bertz CT molecular complexity index is 347. The van der Waals surface area contributed by atoms with Crippen LogP contribution in [-0.2, 0) is 11.2 Å². The zero-order valence-electron chi connectivity index (χ0n) is 11.4. The van der Waals surface area contributed by atoms with E-state index in [0.717, 1.165) is 12.8 Å². The van der Waals surface area contributed by atoms with Crippen LogP contribution in [0.25, 0.3) is 0 Å². The third kappa shape index (κ3) is 4.49. The maximum Gasteiger partial charge on any atom is 0.0606 e. The average molecular weight is 236 g/mol. The van der Waals surface area contributed by atoms with Gasteiger partial charge >= 0.3 is 0 Å². The molecule has 2 nitrogen and oxygen atoms in total. The van der Waals surface area contributed by atoms with E-state index in [1.165, 1.54) is 16.7 Å². The van der Waals surface area contributed by atoms with Crippen LogP contribution in [0.5, 0.6) is 0 Å². The fourth-order valence-corrected chi connectivity index (χ4v) is 1.87. The number of aliphatic hydroxyl groups excluding tert-OH is 1. The van der Waals surface area contributed by atoms with Crippen molar-refractivity contribution in [2.75, 3.05) is 13.7 Å². The van der Waals surface area contributed by atoms with Crippen LogP contribution in [0.3, 0.4) is 0 Å². The molecule has 1 aromatic rings. The van der Waals surface area contributed by atoms with E-state index in [1.807, 2.05) is 0 Å². The van der Waals surface area contributed by atoms with Gasteiger partial charge in [0.2, 0.25) is 0 Å². The molecule has 17 heavy (non-hydrogen) atoms. The Labute approximate surface area is 105 Å². The Hall–Kier alpha value is -0.860. The highest BCUT2D eigenvalue weighted by molar-refractivity contribution is 5.30. The molecule has 0 aromatic heterocycles. The fourth-order valence-electron chi connectivity index (χ4n) is 1.87. The number of ether oxygens (including phenoxy) is 1. The summed E-state index contributed by atoms with van der Waals surface area (Å²) in [5.74, 6) is 0.275. The average Bonchev–Trinajstić information content (AvgIpc) is 2.30. The highest BCUT2D eigenvalue weighted by atomic mass is 16.5. The standard InChI is InChI=1S/C15H24O2/c1-11-5-6-14(9-13(11)3)10-15(16)12(2)7-8-17-4/h5-6,9,12,15-16H,7-8,10H2,1-4H3. The summed E-state index contributed by atoms with van der Waals surface area (Å²) in [7, 11) is 1.70. The molecule has 0 radical (unpaired) electrons. The lowest BCUT2D eigenvalue weighted by Gasteiger charge is -2.19. The van der Waals surface area contributed by atoms with Crippen LogP contribution in [0.2, 0.25) is 0 Å². The summed E-state index contributed by atoms with van der Waals surface area (Å²) in [5.41, 5.74) is 3.81. The summed E-state index contributed by atoms with van der Waals surface area (Å²) >= 11 is 0. The first kappa shape index (κ1) is 14.2. The lowest BCUT2D eigenvalue weighted by Crippen LogP contribution is -2.21. The quantitative estimate of drug-likeness (QED) is 0.823. The fraction of sp³-hybridized carbons (Fsp3) is 0.600. The van der Waals surface area contributed by atoms with Gasteiger partial charge in [-0.3, -0.25) is 0 Å². The van der Waals surface area contributed by atoms with E-state index in [4.69, 9.17) is 4.74 Å². The van der Waals surface area contributed by atoms with Crippen molar-refractivity contribution < 1.29 is 9.84 Å². The van der Waals surface area contributed by atoms with Crippen LogP contribution in [0.15, 0.2) is 18.2 Å². The van der Waals surface area contributed by atoms with Gasteiger partial charge in [0.05, 0.1) is 6.10 Å². The van der Waals surface area contributed by atoms with Crippen molar-refractivity contribution in [1.82, 2.24) is 0 Å². The molecule has 0 saturated carbocycles. The molecular formula is C15H24O2. The molecule has 0 aliphatic heterocycles. The van der Waals surface area contributed by atoms with E-state index >= 15 is 0 Å². The predicted molar refractivity (Wildman–Crippen MR) is 71.3 cm³/mol. The molecule has 0 spiro atoms. The van der Waals surface area contributed by atoms with E-state index in [1.54, 1.807) is 7.11 Å². The second kappa shape index (κ2) is 6.77. The monoisotopic (exact) mass is 236 g/mol. The van der Waals surface area contributed by atoms with Gasteiger partial charge in [0.15, 0.2) is 0 Å². The van der Waals surface area contributed by atoms with E-state index in [9.17, 15) is 5.11 Å². The molecule has 0 saturated heterocycles. The third-order valence-corrected chi connectivity index (χ3v) is 3.45. The van der Waals surface area contributed by atoms with E-state index in [0.29, 0.717) is 6.61 Å². The minimum absolute atomic E-state index is 0.275. The lowest BCUT2D eigenvalue weighted by molar-refractivity contribution is 0.0887. The van der Waals surface area contributed by atoms with Crippen molar-refractivity contribution in [3.63, 3.8) is 0 Å². The largest absolute Gasteiger partial charge is 0.393 e. The van der Waals surface area contributed by atoms with Gasteiger partial charge in [-0.1, -0.05) is 25.1 Å². The molecule has 96 valence electrons. The van der Waals surface area contributed by atoms with Crippen molar-refractivity contribution in [1.29, 1.82) is 0 Å². The van der Waals surface area contributed by atoms with Gasteiger partial charge in [-0.2, -0.15) is 0 Å². The van der Waals surface area contributed by atoms with Crippen LogP contribution < -0.4 is 0 Å². The zero-order valence-corrected chi connectivity index (χ0v) is 11.4. The second-order valence-electron chi connectivity index (χ2n) is 4.95. The van der Waals surface area contributed by atoms with Crippen LogP contribution in [-0.4, -0.2) is 24.9 Å². The normalized spacial score (nSPS) is 14.6.